The lowest BCUT2D eigenvalue weighted by Crippen LogP contribution is -2.18. The van der Waals surface area contributed by atoms with Gasteiger partial charge in [-0.25, -0.2) is 10.4 Å². The van der Waals surface area contributed by atoms with Gasteiger partial charge in [-0.2, -0.15) is 5.10 Å². The van der Waals surface area contributed by atoms with Gasteiger partial charge in [-0.15, -0.1) is 0 Å². The Hall–Kier alpha value is -4.39. The number of rotatable bonds is 8. The predicted octanol–water partition coefficient (Wildman–Crippen LogP) is 5.47. The molecule has 4 rings (SSSR count). The van der Waals surface area contributed by atoms with Gasteiger partial charge in [-0.3, -0.25) is 4.79 Å². The first-order valence-corrected chi connectivity index (χ1v) is 11.2. The molecule has 35 heavy (non-hydrogen) atoms. The predicted molar refractivity (Wildman–Crippen MR) is 138 cm³/mol. The molecule has 0 atom stereocenters. The number of para-hydroxylation sites is 1. The number of carbonyl (C=O) groups excluding carboxylic acids is 1. The van der Waals surface area contributed by atoms with E-state index >= 15 is 0 Å². The lowest BCUT2D eigenvalue weighted by molar-refractivity contribution is 0.0956. The molecule has 0 saturated heterocycles. The minimum Gasteiger partial charge on any atom is -0.493 e. The molecular weight excluding hydrogens is 442 g/mol. The molecule has 0 spiro atoms. The minimum atomic E-state index is -0.332. The number of methoxy groups -OCH3 is 2. The number of pyridine rings is 1. The molecule has 0 bridgehead atoms. The van der Waals surface area contributed by atoms with E-state index in [1.807, 2.05) is 68.4 Å². The van der Waals surface area contributed by atoms with E-state index in [9.17, 15) is 4.79 Å². The maximum absolute atomic E-state index is 13.1. The highest BCUT2D eigenvalue weighted by atomic mass is 16.5. The molecule has 0 radical (unpaired) electrons. The number of ether oxygens (including phenoxy) is 3. The van der Waals surface area contributed by atoms with Crippen LogP contribution in [0.1, 0.15) is 29.8 Å². The fraction of sp³-hybridized carbons (Fsp3) is 0.179. The quantitative estimate of drug-likeness (QED) is 0.273. The van der Waals surface area contributed by atoms with Gasteiger partial charge in [0, 0.05) is 10.9 Å². The lowest BCUT2D eigenvalue weighted by Gasteiger charge is -2.11. The van der Waals surface area contributed by atoms with Gasteiger partial charge in [0.05, 0.1) is 43.3 Å². The van der Waals surface area contributed by atoms with Crippen molar-refractivity contribution in [3.8, 4) is 28.5 Å². The van der Waals surface area contributed by atoms with Gasteiger partial charge in [0.25, 0.3) is 5.91 Å². The van der Waals surface area contributed by atoms with E-state index in [0.29, 0.717) is 22.8 Å². The van der Waals surface area contributed by atoms with E-state index in [-0.39, 0.29) is 12.0 Å². The molecule has 0 aliphatic rings. The van der Waals surface area contributed by atoms with Crippen LogP contribution in [-0.2, 0) is 0 Å². The fourth-order valence-electron chi connectivity index (χ4n) is 3.65. The molecule has 1 N–H and O–H groups in total. The van der Waals surface area contributed by atoms with Crippen molar-refractivity contribution in [2.24, 2.45) is 5.10 Å². The molecule has 0 unspecified atom stereocenters. The molecule has 0 fully saturated rings. The molecule has 1 aromatic heterocycles. The Balaban J connectivity index is 1.60. The molecule has 1 amide bonds. The number of carbonyl (C=O) groups is 1. The molecule has 0 saturated carbocycles. The molecule has 1 heterocycles. The molecular formula is C28H27N3O4. The first-order chi connectivity index (χ1) is 17.0. The van der Waals surface area contributed by atoms with Gasteiger partial charge in [0.2, 0.25) is 0 Å². The second-order valence-corrected chi connectivity index (χ2v) is 8.08. The first-order valence-electron chi connectivity index (χ1n) is 11.2. The Morgan fingerprint density at radius 2 is 1.69 bits per heavy atom. The highest BCUT2D eigenvalue weighted by Crippen LogP contribution is 2.28. The molecule has 3 aromatic carbocycles. The van der Waals surface area contributed by atoms with Crippen molar-refractivity contribution in [3.63, 3.8) is 0 Å². The van der Waals surface area contributed by atoms with Gasteiger partial charge < -0.3 is 14.2 Å². The maximum atomic E-state index is 13.1. The van der Waals surface area contributed by atoms with E-state index in [4.69, 9.17) is 19.2 Å². The van der Waals surface area contributed by atoms with Crippen molar-refractivity contribution in [2.75, 3.05) is 14.2 Å². The third-order valence-corrected chi connectivity index (χ3v) is 5.27. The average molecular weight is 470 g/mol. The summed E-state index contributed by atoms with van der Waals surface area (Å²) in [7, 11) is 3.14. The van der Waals surface area contributed by atoms with Crippen molar-refractivity contribution in [2.45, 2.75) is 20.0 Å². The van der Waals surface area contributed by atoms with Gasteiger partial charge in [0.1, 0.15) is 5.75 Å². The molecule has 0 aliphatic heterocycles. The number of benzene rings is 3. The van der Waals surface area contributed by atoms with Crippen LogP contribution in [0.2, 0.25) is 0 Å². The molecule has 7 heteroatoms. The number of hydrogen-bond donors (Lipinski definition) is 1. The summed E-state index contributed by atoms with van der Waals surface area (Å²) in [4.78, 5) is 17.9. The number of aromatic nitrogens is 1. The van der Waals surface area contributed by atoms with Gasteiger partial charge in [-0.05, 0) is 74.0 Å². The van der Waals surface area contributed by atoms with Crippen molar-refractivity contribution in [3.05, 3.63) is 83.9 Å². The summed E-state index contributed by atoms with van der Waals surface area (Å²) in [5.74, 6) is 1.65. The van der Waals surface area contributed by atoms with E-state index in [1.165, 1.54) is 0 Å². The number of amides is 1. The minimum absolute atomic E-state index is 0.0921. The summed E-state index contributed by atoms with van der Waals surface area (Å²) in [6.07, 6.45) is 1.65. The number of fused-ring (bicyclic) bond motifs is 1. The van der Waals surface area contributed by atoms with Crippen molar-refractivity contribution >= 4 is 23.0 Å². The van der Waals surface area contributed by atoms with Crippen molar-refractivity contribution in [1.29, 1.82) is 0 Å². The monoisotopic (exact) mass is 469 g/mol. The summed E-state index contributed by atoms with van der Waals surface area (Å²) in [5.41, 5.74) is 6.16. The van der Waals surface area contributed by atoms with Crippen LogP contribution in [0.15, 0.2) is 77.9 Å². The Morgan fingerprint density at radius 1 is 0.943 bits per heavy atom. The maximum Gasteiger partial charge on any atom is 0.272 e. The Morgan fingerprint density at radius 3 is 2.40 bits per heavy atom. The van der Waals surface area contributed by atoms with Crippen LogP contribution in [0, 0.1) is 0 Å². The van der Waals surface area contributed by atoms with E-state index < -0.39 is 0 Å². The molecule has 7 nitrogen and oxygen atoms in total. The van der Waals surface area contributed by atoms with Crippen LogP contribution in [-0.4, -0.2) is 37.4 Å². The third-order valence-electron chi connectivity index (χ3n) is 5.27. The smallest absolute Gasteiger partial charge is 0.272 e. The Kier molecular flexibility index (Phi) is 7.26. The topological polar surface area (TPSA) is 82.0 Å². The second kappa shape index (κ2) is 10.7. The zero-order valence-corrected chi connectivity index (χ0v) is 20.1. The highest BCUT2D eigenvalue weighted by Gasteiger charge is 2.14. The Bertz CT molecular complexity index is 1360. The zero-order chi connectivity index (χ0) is 24.8. The number of nitrogens with one attached hydrogen (secondary N) is 1. The summed E-state index contributed by atoms with van der Waals surface area (Å²) in [6.45, 7) is 3.97. The summed E-state index contributed by atoms with van der Waals surface area (Å²) in [5, 5.41) is 4.88. The summed E-state index contributed by atoms with van der Waals surface area (Å²) >= 11 is 0. The van der Waals surface area contributed by atoms with Crippen LogP contribution in [0.3, 0.4) is 0 Å². The van der Waals surface area contributed by atoms with Gasteiger partial charge in [-0.1, -0.05) is 18.2 Å². The van der Waals surface area contributed by atoms with Crippen molar-refractivity contribution < 1.29 is 19.0 Å². The molecule has 0 aliphatic carbocycles. The van der Waals surface area contributed by atoms with E-state index in [0.717, 1.165) is 27.8 Å². The van der Waals surface area contributed by atoms with Crippen LogP contribution >= 0.6 is 0 Å². The van der Waals surface area contributed by atoms with Crippen LogP contribution in [0.25, 0.3) is 22.2 Å². The lowest BCUT2D eigenvalue weighted by atomic mass is 10.0. The van der Waals surface area contributed by atoms with Gasteiger partial charge >= 0.3 is 0 Å². The number of nitrogens with zero attached hydrogens (tertiary/aromatic N) is 2. The standard InChI is InChI=1S/C28H27N3O4/c1-18(2)35-21-12-10-20(11-13-21)25-16-23(22-7-5-6-8-24(22)30-25)28(32)31-29-17-19-9-14-26(33-3)27(15-19)34-4/h5-18H,1-4H3,(H,31,32)/b29-17-. The number of hydrazone groups is 1. The average Bonchev–Trinajstić information content (AvgIpc) is 2.88. The van der Waals surface area contributed by atoms with Crippen LogP contribution < -0.4 is 19.6 Å². The zero-order valence-electron chi connectivity index (χ0n) is 20.1. The van der Waals surface area contributed by atoms with Gasteiger partial charge in [0.15, 0.2) is 11.5 Å². The first kappa shape index (κ1) is 23.8. The molecule has 4 aromatic rings. The van der Waals surface area contributed by atoms with E-state index in [1.54, 1.807) is 38.6 Å². The Labute approximate surface area is 204 Å². The van der Waals surface area contributed by atoms with E-state index in [2.05, 4.69) is 10.5 Å². The second-order valence-electron chi connectivity index (χ2n) is 8.08. The molecule has 178 valence electrons. The largest absolute Gasteiger partial charge is 0.493 e. The SMILES string of the molecule is COc1ccc(/C=N\NC(=O)c2cc(-c3ccc(OC(C)C)cc3)nc3ccccc23)cc1OC. The third kappa shape index (κ3) is 5.58. The number of hydrogen-bond acceptors (Lipinski definition) is 6. The normalized spacial score (nSPS) is 11.1. The van der Waals surface area contributed by atoms with Crippen molar-refractivity contribution in [1.82, 2.24) is 10.4 Å². The summed E-state index contributed by atoms with van der Waals surface area (Å²) < 4.78 is 16.3. The van der Waals surface area contributed by atoms with Crippen LogP contribution in [0.4, 0.5) is 0 Å². The summed E-state index contributed by atoms with van der Waals surface area (Å²) in [6, 6.07) is 22.4. The van der Waals surface area contributed by atoms with Crippen LogP contribution in [0.5, 0.6) is 17.2 Å². The fourth-order valence-corrected chi connectivity index (χ4v) is 3.65. The highest BCUT2D eigenvalue weighted by molar-refractivity contribution is 6.07.